The van der Waals surface area contributed by atoms with Crippen LogP contribution in [0.15, 0.2) is 48.9 Å². The lowest BCUT2D eigenvalue weighted by Crippen LogP contribution is -2.69. The van der Waals surface area contributed by atoms with Gasteiger partial charge in [-0.3, -0.25) is 14.0 Å². The number of Topliss-reactive ketones (excluding diaryl/α,β-unsaturated/α-hetero) is 2. The van der Waals surface area contributed by atoms with Gasteiger partial charge in [-0.25, -0.2) is 14.2 Å². The van der Waals surface area contributed by atoms with Gasteiger partial charge in [-0.2, -0.15) is 26.3 Å². The molecular formula is C29H20F7N5O3. The third-order valence-corrected chi connectivity index (χ3v) is 8.30. The Kier molecular flexibility index (Phi) is 5.85. The van der Waals surface area contributed by atoms with E-state index in [0.29, 0.717) is 16.9 Å². The number of fused-ring (bicyclic) bond motifs is 1. The molecule has 4 aromatic rings. The molecule has 0 atom stereocenters. The number of pyridine rings is 1. The highest BCUT2D eigenvalue weighted by molar-refractivity contribution is 6.51. The maximum Gasteiger partial charge on any atom is 0.375 e. The number of imidazole rings is 1. The van der Waals surface area contributed by atoms with E-state index < -0.39 is 67.2 Å². The molecule has 228 valence electrons. The first-order valence-corrected chi connectivity index (χ1v) is 13.4. The van der Waals surface area contributed by atoms with Gasteiger partial charge in [0.25, 0.3) is 0 Å². The van der Waals surface area contributed by atoms with Crippen molar-refractivity contribution in [1.82, 2.24) is 23.8 Å². The highest BCUT2D eigenvalue weighted by atomic mass is 19.3. The van der Waals surface area contributed by atoms with Crippen LogP contribution in [0.2, 0.25) is 0 Å². The van der Waals surface area contributed by atoms with Crippen molar-refractivity contribution < 1.29 is 45.1 Å². The van der Waals surface area contributed by atoms with E-state index in [1.807, 2.05) is 0 Å². The van der Waals surface area contributed by atoms with E-state index in [2.05, 4.69) is 4.98 Å². The predicted molar refractivity (Wildman–Crippen MR) is 141 cm³/mol. The molecular weight excluding hydrogens is 599 g/mol. The number of rotatable bonds is 2. The van der Waals surface area contributed by atoms with Crippen molar-refractivity contribution in [3.8, 4) is 0 Å². The largest absolute Gasteiger partial charge is 0.375 e. The van der Waals surface area contributed by atoms with Gasteiger partial charge >= 0.3 is 23.8 Å². The van der Waals surface area contributed by atoms with E-state index >= 15 is 4.39 Å². The quantitative estimate of drug-likeness (QED) is 0.233. The van der Waals surface area contributed by atoms with Gasteiger partial charge in [0, 0.05) is 48.6 Å². The zero-order chi connectivity index (χ0) is 31.3. The Morgan fingerprint density at radius 1 is 0.886 bits per heavy atom. The molecule has 2 amide bonds. The summed E-state index contributed by atoms with van der Waals surface area (Å²) < 4.78 is 102. The smallest absolute Gasteiger partial charge is 0.345 e. The van der Waals surface area contributed by atoms with Crippen LogP contribution < -0.4 is 0 Å². The van der Waals surface area contributed by atoms with Gasteiger partial charge in [0.2, 0.25) is 0 Å². The Morgan fingerprint density at radius 2 is 1.59 bits per heavy atom. The van der Waals surface area contributed by atoms with Crippen molar-refractivity contribution in [2.75, 3.05) is 19.6 Å². The lowest BCUT2D eigenvalue weighted by molar-refractivity contribution is -0.333. The number of nitrogens with zero attached hydrogens (tertiary/aromatic N) is 5. The molecule has 1 aromatic carbocycles. The summed E-state index contributed by atoms with van der Waals surface area (Å²) in [6, 6.07) is 6.09. The van der Waals surface area contributed by atoms with Gasteiger partial charge in [-0.1, -0.05) is 6.07 Å². The normalized spacial score (nSPS) is 21.1. The molecule has 1 fully saturated rings. The predicted octanol–water partition coefficient (Wildman–Crippen LogP) is 5.04. The van der Waals surface area contributed by atoms with Gasteiger partial charge in [0.05, 0.1) is 42.5 Å². The Bertz CT molecular complexity index is 1940. The summed E-state index contributed by atoms with van der Waals surface area (Å²) in [5, 5.41) is 0.231. The fraction of sp³-hybridized carbons (Fsp3) is 0.310. The fourth-order valence-corrected chi connectivity index (χ4v) is 6.27. The maximum atomic E-state index is 15.1. The average Bonchev–Trinajstić information content (AvgIpc) is 3.57. The third-order valence-electron chi connectivity index (χ3n) is 8.30. The molecule has 0 unspecified atom stereocenters. The third kappa shape index (κ3) is 3.90. The van der Waals surface area contributed by atoms with E-state index in [1.165, 1.54) is 12.4 Å². The number of halogens is 7. The number of ketones is 2. The molecule has 1 aliphatic carbocycles. The number of amides is 2. The van der Waals surface area contributed by atoms with Crippen LogP contribution in [0.5, 0.6) is 0 Å². The number of benzene rings is 1. The Hall–Kier alpha value is -4.69. The second-order valence-electron chi connectivity index (χ2n) is 11.1. The topological polar surface area (TPSA) is 79.9 Å². The Morgan fingerprint density at radius 3 is 2.32 bits per heavy atom. The van der Waals surface area contributed by atoms with E-state index in [1.54, 1.807) is 33.4 Å². The molecule has 0 bridgehead atoms. The van der Waals surface area contributed by atoms with Crippen LogP contribution in [0.4, 0.5) is 35.5 Å². The van der Waals surface area contributed by atoms with Crippen LogP contribution in [0.3, 0.4) is 0 Å². The second kappa shape index (κ2) is 9.16. The lowest BCUT2D eigenvalue weighted by Gasteiger charge is -2.43. The minimum Gasteiger partial charge on any atom is -0.345 e. The monoisotopic (exact) mass is 619 g/mol. The van der Waals surface area contributed by atoms with E-state index in [-0.39, 0.29) is 45.6 Å². The van der Waals surface area contributed by atoms with Gasteiger partial charge < -0.3 is 14.4 Å². The number of carbonyl (C=O) groups is 3. The molecule has 44 heavy (non-hydrogen) atoms. The number of alkyl halides is 6. The van der Waals surface area contributed by atoms with Gasteiger partial charge in [-0.05, 0) is 29.8 Å². The number of aromatic nitrogens is 3. The first-order chi connectivity index (χ1) is 20.7. The number of hydrogen-bond donors (Lipinski definition) is 0. The molecule has 0 spiro atoms. The minimum absolute atomic E-state index is 0.0181. The van der Waals surface area contributed by atoms with Crippen molar-refractivity contribution >= 4 is 45.3 Å². The standard InChI is InChI=1S/C29H20F7N5O3/c30-16-7-15-11-39(26(44)40-13-27(31,32)29(35,36)28(33,34)14-40)6-5-38-12-18(17(8-16)25(15)38)23-20(42)9-21(43)24(23)19-10-37-22-3-1-2-4-41(19)22/h1-4,7-8,10,12H,5-6,9,11,13-14H2. The molecule has 15 heteroatoms. The molecule has 0 saturated carbocycles. The van der Waals surface area contributed by atoms with Crippen molar-refractivity contribution in [2.24, 2.45) is 0 Å². The Balaban J connectivity index is 1.30. The fourth-order valence-electron chi connectivity index (χ4n) is 6.27. The molecule has 1 saturated heterocycles. The van der Waals surface area contributed by atoms with Crippen molar-refractivity contribution in [1.29, 1.82) is 0 Å². The van der Waals surface area contributed by atoms with E-state index in [0.717, 1.165) is 17.0 Å². The lowest BCUT2D eigenvalue weighted by atomic mass is 9.97. The molecule has 2 aliphatic heterocycles. The Labute approximate surface area is 242 Å². The molecule has 0 radical (unpaired) electrons. The maximum absolute atomic E-state index is 15.1. The minimum atomic E-state index is -5.64. The first-order valence-electron chi connectivity index (χ1n) is 13.4. The van der Waals surface area contributed by atoms with Crippen LogP contribution in [0.25, 0.3) is 27.7 Å². The highest BCUT2D eigenvalue weighted by Gasteiger charge is 2.75. The summed E-state index contributed by atoms with van der Waals surface area (Å²) in [6.07, 6.45) is 4.24. The molecule has 5 heterocycles. The summed E-state index contributed by atoms with van der Waals surface area (Å²) in [7, 11) is 0. The second-order valence-corrected chi connectivity index (χ2v) is 11.1. The molecule has 8 nitrogen and oxygen atoms in total. The van der Waals surface area contributed by atoms with Gasteiger partial charge in [-0.15, -0.1) is 0 Å². The van der Waals surface area contributed by atoms with Crippen LogP contribution in [0.1, 0.15) is 23.2 Å². The molecule has 3 aromatic heterocycles. The summed E-state index contributed by atoms with van der Waals surface area (Å²) in [5.74, 6) is -17.7. The number of urea groups is 1. The SMILES string of the molecule is O=C1CC(=O)C(c2cnc3ccccn23)=C1c1cn2c3c(cc(F)cc13)CN(C(=O)N1CC(F)(F)C(F)(F)C(F)(F)C1)CC2. The van der Waals surface area contributed by atoms with Crippen LogP contribution >= 0.6 is 0 Å². The molecule has 0 N–H and O–H groups in total. The highest BCUT2D eigenvalue weighted by Crippen LogP contribution is 2.50. The summed E-state index contributed by atoms with van der Waals surface area (Å²) >= 11 is 0. The number of carbonyl (C=O) groups excluding carboxylic acids is 3. The van der Waals surface area contributed by atoms with Crippen LogP contribution in [-0.2, 0) is 22.7 Å². The number of piperidine rings is 1. The molecule has 7 rings (SSSR count). The van der Waals surface area contributed by atoms with E-state index in [4.69, 9.17) is 0 Å². The number of allylic oxidation sites excluding steroid dienone is 2. The summed E-state index contributed by atoms with van der Waals surface area (Å²) in [6.45, 7) is -4.55. The number of hydrogen-bond acceptors (Lipinski definition) is 4. The van der Waals surface area contributed by atoms with Gasteiger partial charge in [0.15, 0.2) is 11.6 Å². The summed E-state index contributed by atoms with van der Waals surface area (Å²) in [5.41, 5.74) is 1.86. The number of likely N-dealkylation sites (tertiary alicyclic amines) is 1. The van der Waals surface area contributed by atoms with Crippen molar-refractivity contribution in [2.45, 2.75) is 37.3 Å². The van der Waals surface area contributed by atoms with Crippen LogP contribution in [-0.4, -0.2) is 78.8 Å². The van der Waals surface area contributed by atoms with Gasteiger partial charge in [0.1, 0.15) is 11.5 Å². The van der Waals surface area contributed by atoms with Crippen molar-refractivity contribution in [3.63, 3.8) is 0 Å². The molecule has 3 aliphatic rings. The summed E-state index contributed by atoms with van der Waals surface area (Å²) in [4.78, 5) is 44.7. The van der Waals surface area contributed by atoms with Crippen LogP contribution in [0, 0.1) is 5.82 Å². The van der Waals surface area contributed by atoms with Crippen molar-refractivity contribution in [3.05, 3.63) is 71.6 Å². The zero-order valence-electron chi connectivity index (χ0n) is 22.5. The first kappa shape index (κ1) is 28.1. The zero-order valence-corrected chi connectivity index (χ0v) is 22.5. The van der Waals surface area contributed by atoms with E-state index in [9.17, 15) is 40.7 Å². The average molecular weight is 619 g/mol.